The Labute approximate surface area is 226 Å². The fraction of sp³-hybridized carbons (Fsp3) is 0.867. The molecule has 1 aromatic rings. The van der Waals surface area contributed by atoms with Gasteiger partial charge in [0.15, 0.2) is 0 Å². The summed E-state index contributed by atoms with van der Waals surface area (Å²) in [5.41, 5.74) is -0.516. The number of nitrogens with zero attached hydrogens (tertiary/aromatic N) is 3. The normalized spacial score (nSPS) is 13.7. The highest BCUT2D eigenvalue weighted by atomic mass is 16.5. The van der Waals surface area contributed by atoms with Crippen LogP contribution in [0.2, 0.25) is 0 Å². The zero-order chi connectivity index (χ0) is 27.5. The second kappa shape index (κ2) is 19.6. The Morgan fingerprint density at radius 1 is 0.838 bits per heavy atom. The third-order valence-electron chi connectivity index (χ3n) is 7.14. The summed E-state index contributed by atoms with van der Waals surface area (Å²) in [5, 5.41) is 10.1. The number of aliphatic hydroxyl groups is 1. The van der Waals surface area contributed by atoms with E-state index in [1.165, 1.54) is 87.7 Å². The zero-order valence-corrected chi connectivity index (χ0v) is 24.8. The Balaban J connectivity index is 2.22. The van der Waals surface area contributed by atoms with Gasteiger partial charge in [-0.2, -0.15) is 0 Å². The van der Waals surface area contributed by atoms with Gasteiger partial charge in [0, 0.05) is 25.4 Å². The third-order valence-corrected chi connectivity index (χ3v) is 7.14. The van der Waals surface area contributed by atoms with Crippen LogP contribution in [-0.4, -0.2) is 65.2 Å². The molecule has 0 saturated carbocycles. The maximum absolute atomic E-state index is 12.7. The molecule has 0 aliphatic rings. The summed E-state index contributed by atoms with van der Waals surface area (Å²) in [6.45, 7) is 6.15. The Morgan fingerprint density at radius 3 is 1.89 bits per heavy atom. The number of likely N-dealkylation sites (N-methyl/N-ethyl adjacent to an activating group) is 1. The average molecular weight is 525 g/mol. The van der Waals surface area contributed by atoms with E-state index < -0.39 is 6.10 Å². The van der Waals surface area contributed by atoms with Gasteiger partial charge in [0.05, 0.1) is 46.4 Å². The first-order valence-corrected chi connectivity index (χ1v) is 15.1. The van der Waals surface area contributed by atoms with Crippen LogP contribution >= 0.6 is 0 Å². The standard InChI is InChI=1S/C30H58N3O4/c1-6-7-8-9-10-11-12-13-14-15-16-17-18-20-28(27(2)34)37-26-19-22-31-23-21-29(35)32(30(31)36)24-25-33(3,4)5/h21,23,27-28,34H,6-20,22,24-26H2,1-5H3/q+1. The number of aliphatic hydroxyl groups excluding tert-OH is 1. The lowest BCUT2D eigenvalue weighted by Gasteiger charge is -2.24. The van der Waals surface area contributed by atoms with Crippen LogP contribution in [0.15, 0.2) is 21.9 Å². The molecular formula is C30H58N3O4+. The molecule has 1 rings (SSSR count). The van der Waals surface area contributed by atoms with Crippen molar-refractivity contribution >= 4 is 0 Å². The van der Waals surface area contributed by atoms with Crippen molar-refractivity contribution in [1.29, 1.82) is 0 Å². The van der Waals surface area contributed by atoms with E-state index in [1.807, 2.05) is 21.1 Å². The first-order valence-electron chi connectivity index (χ1n) is 15.1. The lowest BCUT2D eigenvalue weighted by Crippen LogP contribution is -2.45. The SMILES string of the molecule is CCCCCCCCCCCCCCCC(OCCCn1ccc(=O)n(CC[N+](C)(C)C)c1=O)C(C)O. The van der Waals surface area contributed by atoms with Crippen LogP contribution in [0.5, 0.6) is 0 Å². The second-order valence-corrected chi connectivity index (χ2v) is 11.8. The number of aromatic nitrogens is 2. The van der Waals surface area contributed by atoms with Crippen LogP contribution in [0.25, 0.3) is 0 Å². The van der Waals surface area contributed by atoms with Crippen molar-refractivity contribution < 1.29 is 14.3 Å². The molecule has 2 unspecified atom stereocenters. The number of unbranched alkanes of at least 4 members (excludes halogenated alkanes) is 12. The molecule has 7 heteroatoms. The summed E-state index contributed by atoms with van der Waals surface area (Å²) in [5.74, 6) is 0. The highest BCUT2D eigenvalue weighted by Crippen LogP contribution is 2.15. The molecule has 0 aromatic carbocycles. The minimum Gasteiger partial charge on any atom is -0.391 e. The molecule has 0 saturated heterocycles. The van der Waals surface area contributed by atoms with Crippen LogP contribution in [0.3, 0.4) is 0 Å². The summed E-state index contributed by atoms with van der Waals surface area (Å²) in [7, 11) is 6.13. The molecule has 7 nitrogen and oxygen atoms in total. The highest BCUT2D eigenvalue weighted by Gasteiger charge is 2.15. The Morgan fingerprint density at radius 2 is 1.38 bits per heavy atom. The molecule has 0 fully saturated rings. The van der Waals surface area contributed by atoms with Crippen molar-refractivity contribution in [3.8, 4) is 0 Å². The predicted octanol–water partition coefficient (Wildman–Crippen LogP) is 5.35. The topological polar surface area (TPSA) is 73.5 Å². The van der Waals surface area contributed by atoms with Crippen molar-refractivity contribution in [2.45, 2.75) is 135 Å². The van der Waals surface area contributed by atoms with Crippen molar-refractivity contribution in [3.05, 3.63) is 33.1 Å². The number of aryl methyl sites for hydroxylation is 1. The molecule has 0 bridgehead atoms. The number of rotatable bonds is 23. The minimum absolute atomic E-state index is 0.164. The Bertz CT molecular complexity index is 810. The van der Waals surface area contributed by atoms with Gasteiger partial charge in [-0.15, -0.1) is 0 Å². The molecule has 0 aliphatic carbocycles. The second-order valence-electron chi connectivity index (χ2n) is 11.8. The highest BCUT2D eigenvalue weighted by molar-refractivity contribution is 4.86. The Kier molecular flexibility index (Phi) is 17.8. The molecule has 1 N–H and O–H groups in total. The van der Waals surface area contributed by atoms with E-state index >= 15 is 0 Å². The fourth-order valence-electron chi connectivity index (χ4n) is 4.63. The largest absolute Gasteiger partial charge is 0.391 e. The summed E-state index contributed by atoms with van der Waals surface area (Å²) in [6, 6.07) is 1.46. The number of hydrogen-bond acceptors (Lipinski definition) is 4. The van der Waals surface area contributed by atoms with E-state index in [0.29, 0.717) is 37.1 Å². The van der Waals surface area contributed by atoms with E-state index in [-0.39, 0.29) is 17.4 Å². The monoisotopic (exact) mass is 524 g/mol. The number of ether oxygens (including phenoxy) is 1. The van der Waals surface area contributed by atoms with Gasteiger partial charge in [-0.1, -0.05) is 90.4 Å². The fourth-order valence-corrected chi connectivity index (χ4v) is 4.63. The van der Waals surface area contributed by atoms with E-state index in [1.54, 1.807) is 17.7 Å². The first kappa shape index (κ1) is 33.6. The maximum atomic E-state index is 12.7. The molecule has 37 heavy (non-hydrogen) atoms. The molecule has 0 aliphatic heterocycles. The lowest BCUT2D eigenvalue weighted by atomic mass is 10.0. The van der Waals surface area contributed by atoms with Crippen LogP contribution in [-0.2, 0) is 17.8 Å². The summed E-state index contributed by atoms with van der Waals surface area (Å²) in [4.78, 5) is 24.9. The molecule has 2 atom stereocenters. The van der Waals surface area contributed by atoms with Crippen LogP contribution in [0, 0.1) is 0 Å². The molecule has 1 aromatic heterocycles. The van der Waals surface area contributed by atoms with Crippen LogP contribution in [0.4, 0.5) is 0 Å². The maximum Gasteiger partial charge on any atom is 0.331 e. The quantitative estimate of drug-likeness (QED) is 0.155. The van der Waals surface area contributed by atoms with E-state index in [0.717, 1.165) is 12.8 Å². The average Bonchev–Trinajstić information content (AvgIpc) is 2.83. The number of quaternary nitrogens is 1. The van der Waals surface area contributed by atoms with E-state index in [9.17, 15) is 14.7 Å². The molecular weight excluding hydrogens is 466 g/mol. The zero-order valence-electron chi connectivity index (χ0n) is 24.8. The molecule has 1 heterocycles. The molecule has 0 spiro atoms. The van der Waals surface area contributed by atoms with Gasteiger partial charge >= 0.3 is 5.69 Å². The van der Waals surface area contributed by atoms with Gasteiger partial charge in [-0.25, -0.2) is 4.79 Å². The van der Waals surface area contributed by atoms with Gasteiger partial charge in [0.1, 0.15) is 0 Å². The van der Waals surface area contributed by atoms with Crippen LogP contribution in [0.1, 0.15) is 110 Å². The van der Waals surface area contributed by atoms with Crippen molar-refractivity contribution in [2.75, 3.05) is 34.3 Å². The molecule has 0 amide bonds. The van der Waals surface area contributed by atoms with Crippen molar-refractivity contribution in [1.82, 2.24) is 9.13 Å². The molecule has 216 valence electrons. The van der Waals surface area contributed by atoms with Crippen LogP contribution < -0.4 is 11.2 Å². The Hall–Kier alpha value is -1.44. The van der Waals surface area contributed by atoms with Gasteiger partial charge < -0.3 is 18.9 Å². The van der Waals surface area contributed by atoms with Crippen molar-refractivity contribution in [2.24, 2.45) is 0 Å². The summed E-state index contributed by atoms with van der Waals surface area (Å²) in [6.07, 6.45) is 19.7. The molecule has 0 radical (unpaired) electrons. The van der Waals surface area contributed by atoms with E-state index in [2.05, 4.69) is 6.92 Å². The van der Waals surface area contributed by atoms with E-state index in [4.69, 9.17) is 4.74 Å². The summed E-state index contributed by atoms with van der Waals surface area (Å²) < 4.78 is 9.58. The number of hydrogen-bond donors (Lipinski definition) is 1. The van der Waals surface area contributed by atoms with Gasteiger partial charge in [0.2, 0.25) is 0 Å². The minimum atomic E-state index is -0.502. The van der Waals surface area contributed by atoms with Crippen molar-refractivity contribution in [3.63, 3.8) is 0 Å². The lowest BCUT2D eigenvalue weighted by molar-refractivity contribution is -0.871. The first-order chi connectivity index (χ1) is 17.7. The smallest absolute Gasteiger partial charge is 0.331 e. The summed E-state index contributed by atoms with van der Waals surface area (Å²) >= 11 is 0. The van der Waals surface area contributed by atoms with Gasteiger partial charge in [0.25, 0.3) is 5.56 Å². The third kappa shape index (κ3) is 16.2. The predicted molar refractivity (Wildman–Crippen MR) is 154 cm³/mol. The van der Waals surface area contributed by atoms with Gasteiger partial charge in [-0.05, 0) is 19.8 Å². The van der Waals surface area contributed by atoms with Gasteiger partial charge in [-0.3, -0.25) is 9.36 Å².